The van der Waals surface area contributed by atoms with Crippen LogP contribution in [0.2, 0.25) is 0 Å². The van der Waals surface area contributed by atoms with Crippen LogP contribution in [0.15, 0.2) is 47.6 Å². The molecule has 1 aromatic heterocycles. The molecule has 0 radical (unpaired) electrons. The molecular weight excluding hydrogens is 408 g/mol. The highest BCUT2D eigenvalue weighted by atomic mass is 32.2. The van der Waals surface area contributed by atoms with E-state index in [1.54, 1.807) is 0 Å². The maximum Gasteiger partial charge on any atom is 0.233 e. The van der Waals surface area contributed by atoms with Crippen molar-refractivity contribution in [2.24, 2.45) is 0 Å². The van der Waals surface area contributed by atoms with Gasteiger partial charge >= 0.3 is 0 Å². The highest BCUT2D eigenvalue weighted by Gasteiger charge is 2.24. The van der Waals surface area contributed by atoms with Crippen LogP contribution in [0.25, 0.3) is 10.8 Å². The van der Waals surface area contributed by atoms with E-state index in [1.165, 1.54) is 40.9 Å². The van der Waals surface area contributed by atoms with Gasteiger partial charge in [-0.25, -0.2) is 4.68 Å². The lowest BCUT2D eigenvalue weighted by atomic mass is 10.0. The monoisotopic (exact) mass is 436 g/mol. The molecule has 8 heteroatoms. The summed E-state index contributed by atoms with van der Waals surface area (Å²) in [5, 5.41) is 15.5. The van der Waals surface area contributed by atoms with Gasteiger partial charge in [-0.05, 0) is 39.6 Å². The Labute approximate surface area is 186 Å². The van der Waals surface area contributed by atoms with Crippen molar-refractivity contribution in [3.63, 3.8) is 0 Å². The Morgan fingerprint density at radius 2 is 1.77 bits per heavy atom. The van der Waals surface area contributed by atoms with Gasteiger partial charge in [-0.1, -0.05) is 67.1 Å². The van der Waals surface area contributed by atoms with E-state index in [0.29, 0.717) is 11.8 Å². The summed E-state index contributed by atoms with van der Waals surface area (Å²) >= 11 is 1.47. The minimum absolute atomic E-state index is 0.177. The average molecular weight is 437 g/mol. The second kappa shape index (κ2) is 9.36. The van der Waals surface area contributed by atoms with Gasteiger partial charge in [0.15, 0.2) is 0 Å². The lowest BCUT2D eigenvalue weighted by Crippen LogP contribution is -2.48. The summed E-state index contributed by atoms with van der Waals surface area (Å²) in [7, 11) is 0. The van der Waals surface area contributed by atoms with Crippen molar-refractivity contribution in [3.05, 3.63) is 48.0 Å². The first-order chi connectivity index (χ1) is 15.3. The topological polar surface area (TPSA) is 67.2 Å². The van der Waals surface area contributed by atoms with Crippen LogP contribution in [-0.2, 0) is 11.3 Å². The molecule has 0 spiro atoms. The highest BCUT2D eigenvalue weighted by molar-refractivity contribution is 7.99. The largest absolute Gasteiger partial charge is 0.339 e. The highest BCUT2D eigenvalue weighted by Crippen LogP contribution is 2.31. The van der Waals surface area contributed by atoms with Gasteiger partial charge in [-0.3, -0.25) is 9.69 Å². The lowest BCUT2D eigenvalue weighted by molar-refractivity contribution is -0.130. The van der Waals surface area contributed by atoms with E-state index in [9.17, 15) is 4.79 Å². The quantitative estimate of drug-likeness (QED) is 0.552. The molecule has 0 atom stereocenters. The number of amides is 1. The summed E-state index contributed by atoms with van der Waals surface area (Å²) in [4.78, 5) is 17.2. The SMILES string of the molecule is O=C(CSc1nnnn1C1CCCC1)N1CCN(Cc2cccc3ccccc23)CC1. The van der Waals surface area contributed by atoms with Gasteiger partial charge in [0.05, 0.1) is 11.8 Å². The van der Waals surface area contributed by atoms with Crippen LogP contribution in [0, 0.1) is 0 Å². The number of hydrogen-bond acceptors (Lipinski definition) is 6. The van der Waals surface area contributed by atoms with Gasteiger partial charge in [-0.2, -0.15) is 0 Å². The Kier molecular flexibility index (Phi) is 6.18. The van der Waals surface area contributed by atoms with E-state index < -0.39 is 0 Å². The van der Waals surface area contributed by atoms with E-state index in [0.717, 1.165) is 50.7 Å². The molecule has 2 fully saturated rings. The van der Waals surface area contributed by atoms with Crippen LogP contribution in [0.1, 0.15) is 37.3 Å². The number of hydrogen-bond donors (Lipinski definition) is 0. The number of thioether (sulfide) groups is 1. The Balaban J connectivity index is 1.13. The van der Waals surface area contributed by atoms with Crippen molar-refractivity contribution in [1.82, 2.24) is 30.0 Å². The maximum atomic E-state index is 12.8. The summed E-state index contributed by atoms with van der Waals surface area (Å²) < 4.78 is 1.92. The molecule has 31 heavy (non-hydrogen) atoms. The van der Waals surface area contributed by atoms with Gasteiger partial charge in [0, 0.05) is 32.7 Å². The van der Waals surface area contributed by atoms with Crippen LogP contribution >= 0.6 is 11.8 Å². The van der Waals surface area contributed by atoms with E-state index in [1.807, 2.05) is 9.58 Å². The van der Waals surface area contributed by atoms with Crippen molar-refractivity contribution >= 4 is 28.4 Å². The molecule has 2 aliphatic rings. The third-order valence-corrected chi connectivity index (χ3v) is 7.38. The predicted molar refractivity (Wildman–Crippen MR) is 122 cm³/mol. The van der Waals surface area contributed by atoms with Gasteiger partial charge in [0.25, 0.3) is 0 Å². The molecule has 0 unspecified atom stereocenters. The Hall–Kier alpha value is -2.45. The van der Waals surface area contributed by atoms with E-state index in [-0.39, 0.29) is 5.91 Å². The second-order valence-electron chi connectivity index (χ2n) is 8.43. The number of fused-ring (bicyclic) bond motifs is 1. The fourth-order valence-corrected chi connectivity index (χ4v) is 5.55. The molecule has 3 aromatic rings. The third kappa shape index (κ3) is 4.60. The van der Waals surface area contributed by atoms with Crippen molar-refractivity contribution < 1.29 is 4.79 Å². The summed E-state index contributed by atoms with van der Waals surface area (Å²) in [5.41, 5.74) is 1.35. The molecule has 0 bridgehead atoms. The van der Waals surface area contributed by atoms with Crippen molar-refractivity contribution in [1.29, 1.82) is 0 Å². The van der Waals surface area contributed by atoms with Crippen LogP contribution < -0.4 is 0 Å². The smallest absolute Gasteiger partial charge is 0.233 e. The first-order valence-corrected chi connectivity index (χ1v) is 12.1. The number of benzene rings is 2. The average Bonchev–Trinajstić information content (AvgIpc) is 3.50. The lowest BCUT2D eigenvalue weighted by Gasteiger charge is -2.35. The van der Waals surface area contributed by atoms with Crippen LogP contribution in [-0.4, -0.2) is 67.8 Å². The Morgan fingerprint density at radius 1 is 1.00 bits per heavy atom. The predicted octanol–water partition coefficient (Wildman–Crippen LogP) is 3.38. The maximum absolute atomic E-state index is 12.8. The van der Waals surface area contributed by atoms with E-state index >= 15 is 0 Å². The van der Waals surface area contributed by atoms with E-state index in [4.69, 9.17) is 0 Å². The number of aromatic nitrogens is 4. The molecule has 7 nitrogen and oxygen atoms in total. The van der Waals surface area contributed by atoms with E-state index in [2.05, 4.69) is 62.9 Å². The molecular formula is C23H28N6OS. The standard InChI is InChI=1S/C23H28N6OS/c30-22(17-31-23-24-25-26-29(23)20-9-2-3-10-20)28-14-12-27(13-15-28)16-19-8-5-7-18-6-1-4-11-21(18)19/h1,4-8,11,20H,2-3,9-10,12-17H2. The van der Waals surface area contributed by atoms with Crippen LogP contribution in [0.3, 0.4) is 0 Å². The minimum Gasteiger partial charge on any atom is -0.339 e. The number of carbonyl (C=O) groups excluding carboxylic acids is 1. The van der Waals surface area contributed by atoms with Crippen molar-refractivity contribution in [2.75, 3.05) is 31.9 Å². The fourth-order valence-electron chi connectivity index (χ4n) is 4.70. The fraction of sp³-hybridized carbons (Fsp3) is 0.478. The molecule has 2 heterocycles. The summed E-state index contributed by atoms with van der Waals surface area (Å²) in [5.74, 6) is 0.576. The van der Waals surface area contributed by atoms with Crippen molar-refractivity contribution in [2.45, 2.75) is 43.4 Å². The van der Waals surface area contributed by atoms with Crippen LogP contribution in [0.4, 0.5) is 0 Å². The van der Waals surface area contributed by atoms with Gasteiger partial charge in [0.2, 0.25) is 11.1 Å². The first-order valence-electron chi connectivity index (χ1n) is 11.2. The molecule has 2 aromatic carbocycles. The number of piperazine rings is 1. The van der Waals surface area contributed by atoms with Gasteiger partial charge in [0.1, 0.15) is 0 Å². The zero-order valence-corrected chi connectivity index (χ0v) is 18.5. The number of rotatable bonds is 6. The summed E-state index contributed by atoms with van der Waals surface area (Å²) in [6.45, 7) is 4.28. The number of carbonyl (C=O) groups is 1. The van der Waals surface area contributed by atoms with Gasteiger partial charge < -0.3 is 4.90 Å². The molecule has 1 saturated heterocycles. The van der Waals surface area contributed by atoms with Crippen LogP contribution in [0.5, 0.6) is 0 Å². The normalized spacial score (nSPS) is 18.1. The molecule has 1 aliphatic carbocycles. The molecule has 162 valence electrons. The van der Waals surface area contributed by atoms with Gasteiger partial charge in [-0.15, -0.1) is 5.10 Å². The first kappa shape index (κ1) is 20.5. The number of tetrazole rings is 1. The second-order valence-corrected chi connectivity index (χ2v) is 9.37. The number of nitrogens with zero attached hydrogens (tertiary/aromatic N) is 6. The molecule has 1 saturated carbocycles. The summed E-state index contributed by atoms with van der Waals surface area (Å²) in [6.07, 6.45) is 4.73. The molecule has 5 rings (SSSR count). The molecule has 1 aliphatic heterocycles. The zero-order chi connectivity index (χ0) is 21.0. The summed E-state index contributed by atoms with van der Waals surface area (Å²) in [6, 6.07) is 15.4. The minimum atomic E-state index is 0.177. The Bertz CT molecular complexity index is 1030. The zero-order valence-electron chi connectivity index (χ0n) is 17.7. The third-order valence-electron chi connectivity index (χ3n) is 6.46. The molecule has 0 N–H and O–H groups in total. The van der Waals surface area contributed by atoms with Crippen molar-refractivity contribution in [3.8, 4) is 0 Å². The Morgan fingerprint density at radius 3 is 2.61 bits per heavy atom. The molecule has 1 amide bonds.